The van der Waals surface area contributed by atoms with E-state index in [4.69, 9.17) is 18.9 Å². The number of thiazole rings is 1. The van der Waals surface area contributed by atoms with Crippen molar-refractivity contribution >= 4 is 29.4 Å². The van der Waals surface area contributed by atoms with E-state index in [0.717, 1.165) is 5.56 Å². The fourth-order valence-electron chi connectivity index (χ4n) is 4.08. The Balaban J connectivity index is 1.94. The molecule has 2 heterocycles. The number of fused-ring (bicyclic) bond motifs is 1. The van der Waals surface area contributed by atoms with Crippen LogP contribution in [0.25, 0.3) is 6.08 Å². The number of benzene rings is 2. The number of hydrogen-bond acceptors (Lipinski definition) is 9. The molecular formula is C27H26N2O7S. The maximum absolute atomic E-state index is 13.7. The summed E-state index contributed by atoms with van der Waals surface area (Å²) < 4.78 is 23.2. The van der Waals surface area contributed by atoms with Crippen molar-refractivity contribution in [2.24, 2.45) is 4.99 Å². The molecule has 0 amide bonds. The van der Waals surface area contributed by atoms with E-state index < -0.39 is 18.0 Å². The second kappa shape index (κ2) is 10.8. The van der Waals surface area contributed by atoms with Crippen LogP contribution in [0.5, 0.6) is 17.2 Å². The van der Waals surface area contributed by atoms with E-state index in [1.807, 2.05) is 24.3 Å². The van der Waals surface area contributed by atoms with Crippen LogP contribution < -0.4 is 29.1 Å². The first-order valence-electron chi connectivity index (χ1n) is 11.5. The lowest BCUT2D eigenvalue weighted by atomic mass is 9.95. The molecule has 1 aromatic heterocycles. The van der Waals surface area contributed by atoms with E-state index >= 15 is 0 Å². The summed E-state index contributed by atoms with van der Waals surface area (Å²) in [6.07, 6.45) is 1.76. The molecule has 0 N–H and O–H groups in total. The number of hydrogen-bond donors (Lipinski definition) is 0. The van der Waals surface area contributed by atoms with Crippen LogP contribution in [-0.2, 0) is 14.3 Å². The van der Waals surface area contributed by atoms with Crippen LogP contribution in [0.4, 0.5) is 0 Å². The molecule has 192 valence electrons. The summed E-state index contributed by atoms with van der Waals surface area (Å²) in [4.78, 5) is 43.3. The van der Waals surface area contributed by atoms with Crippen molar-refractivity contribution in [3.63, 3.8) is 0 Å². The van der Waals surface area contributed by atoms with Gasteiger partial charge >= 0.3 is 11.9 Å². The molecule has 1 atom stereocenters. The zero-order valence-corrected chi connectivity index (χ0v) is 21.9. The Kier molecular flexibility index (Phi) is 7.58. The van der Waals surface area contributed by atoms with Gasteiger partial charge in [0, 0.05) is 6.92 Å². The standard InChI is InChI=1S/C27H26N2O7S/c1-6-35-26(32)23-15(2)28-27-29(24(23)18-10-11-20(36-16(3)30)21(14-18)34-5)25(31)22(37-27)13-17-8-7-9-19(12-17)33-4/h7-14,24H,6H2,1-5H3/b22-13+/t24-/m0/s1. The number of rotatable bonds is 7. The highest BCUT2D eigenvalue weighted by Crippen LogP contribution is 2.36. The van der Waals surface area contributed by atoms with Crippen LogP contribution in [0.15, 0.2) is 63.5 Å². The maximum Gasteiger partial charge on any atom is 0.338 e. The highest BCUT2D eigenvalue weighted by Gasteiger charge is 2.34. The molecule has 2 aromatic carbocycles. The third kappa shape index (κ3) is 5.19. The van der Waals surface area contributed by atoms with Crippen LogP contribution in [-0.4, -0.2) is 37.3 Å². The first-order chi connectivity index (χ1) is 17.8. The number of methoxy groups -OCH3 is 2. The Morgan fingerprint density at radius 2 is 1.89 bits per heavy atom. The SMILES string of the molecule is CCOC(=O)C1=C(C)N=c2s/c(=C/c3cccc(OC)c3)c(=O)n2[C@H]1c1ccc(OC(C)=O)c(OC)c1. The van der Waals surface area contributed by atoms with Crippen molar-refractivity contribution in [3.8, 4) is 17.2 Å². The predicted octanol–water partition coefficient (Wildman–Crippen LogP) is 2.74. The van der Waals surface area contributed by atoms with Gasteiger partial charge in [-0.05, 0) is 55.3 Å². The minimum Gasteiger partial charge on any atom is -0.497 e. The molecule has 0 unspecified atom stereocenters. The van der Waals surface area contributed by atoms with Gasteiger partial charge < -0.3 is 18.9 Å². The Morgan fingerprint density at radius 1 is 1.11 bits per heavy atom. The molecule has 0 bridgehead atoms. The van der Waals surface area contributed by atoms with Crippen LogP contribution >= 0.6 is 11.3 Å². The Morgan fingerprint density at radius 3 is 2.57 bits per heavy atom. The second-order valence-corrected chi connectivity index (χ2v) is 9.09. The number of carbonyl (C=O) groups excluding carboxylic acids is 2. The van der Waals surface area contributed by atoms with E-state index in [1.54, 1.807) is 45.2 Å². The zero-order chi connectivity index (χ0) is 26.7. The van der Waals surface area contributed by atoms with Crippen LogP contribution in [0, 0.1) is 0 Å². The molecule has 1 aliphatic rings. The molecule has 3 aromatic rings. The lowest BCUT2D eigenvalue weighted by Gasteiger charge is -2.25. The number of ether oxygens (including phenoxy) is 4. The van der Waals surface area contributed by atoms with Crippen molar-refractivity contribution < 1.29 is 28.5 Å². The van der Waals surface area contributed by atoms with Crippen LogP contribution in [0.3, 0.4) is 0 Å². The van der Waals surface area contributed by atoms with Gasteiger partial charge in [-0.15, -0.1) is 0 Å². The fourth-order valence-corrected chi connectivity index (χ4v) is 5.13. The fraction of sp³-hybridized carbons (Fsp3) is 0.259. The molecule has 0 saturated heterocycles. The zero-order valence-electron chi connectivity index (χ0n) is 21.1. The lowest BCUT2D eigenvalue weighted by molar-refractivity contribution is -0.139. The Labute approximate surface area is 216 Å². The quantitative estimate of drug-likeness (QED) is 0.347. The third-order valence-electron chi connectivity index (χ3n) is 5.67. The van der Waals surface area contributed by atoms with E-state index in [-0.39, 0.29) is 29.2 Å². The summed E-state index contributed by atoms with van der Waals surface area (Å²) in [6.45, 7) is 4.88. The normalized spacial score (nSPS) is 15.1. The number of carbonyl (C=O) groups is 2. The molecule has 9 nitrogen and oxygen atoms in total. The van der Waals surface area contributed by atoms with E-state index in [9.17, 15) is 14.4 Å². The van der Waals surface area contributed by atoms with Gasteiger partial charge in [0.15, 0.2) is 16.3 Å². The molecule has 0 radical (unpaired) electrons. The highest BCUT2D eigenvalue weighted by molar-refractivity contribution is 7.07. The molecule has 0 aliphatic carbocycles. The van der Waals surface area contributed by atoms with E-state index in [1.165, 1.54) is 29.9 Å². The van der Waals surface area contributed by atoms with Gasteiger partial charge in [0.05, 0.1) is 42.7 Å². The van der Waals surface area contributed by atoms with Gasteiger partial charge in [-0.2, -0.15) is 0 Å². The highest BCUT2D eigenvalue weighted by atomic mass is 32.1. The van der Waals surface area contributed by atoms with Gasteiger partial charge in [0.2, 0.25) is 0 Å². The number of allylic oxidation sites excluding steroid dienone is 1. The van der Waals surface area contributed by atoms with Gasteiger partial charge in [-0.1, -0.05) is 29.5 Å². The van der Waals surface area contributed by atoms with E-state index in [0.29, 0.717) is 26.3 Å². The summed E-state index contributed by atoms with van der Waals surface area (Å²) in [5, 5.41) is 0. The lowest BCUT2D eigenvalue weighted by Crippen LogP contribution is -2.40. The van der Waals surface area contributed by atoms with Crippen molar-refractivity contribution in [1.82, 2.24) is 4.57 Å². The predicted molar refractivity (Wildman–Crippen MR) is 138 cm³/mol. The number of aromatic nitrogens is 1. The summed E-state index contributed by atoms with van der Waals surface area (Å²) in [7, 11) is 3.02. The molecule has 0 fully saturated rings. The minimum atomic E-state index is -0.831. The molecule has 37 heavy (non-hydrogen) atoms. The molecular weight excluding hydrogens is 496 g/mol. The monoisotopic (exact) mass is 522 g/mol. The molecule has 0 saturated carbocycles. The summed E-state index contributed by atoms with van der Waals surface area (Å²) in [5.41, 5.74) is 1.73. The summed E-state index contributed by atoms with van der Waals surface area (Å²) in [6, 6.07) is 11.4. The summed E-state index contributed by atoms with van der Waals surface area (Å²) in [5.74, 6) is 0.102. The van der Waals surface area contributed by atoms with Crippen molar-refractivity contribution in [1.29, 1.82) is 0 Å². The minimum absolute atomic E-state index is 0.164. The van der Waals surface area contributed by atoms with Crippen molar-refractivity contribution in [2.45, 2.75) is 26.8 Å². The molecule has 1 aliphatic heterocycles. The average molecular weight is 523 g/mol. The van der Waals surface area contributed by atoms with Crippen molar-refractivity contribution in [3.05, 3.63) is 84.5 Å². The van der Waals surface area contributed by atoms with Gasteiger partial charge in [-0.3, -0.25) is 14.2 Å². The molecule has 0 spiro atoms. The van der Waals surface area contributed by atoms with Crippen molar-refractivity contribution in [2.75, 3.05) is 20.8 Å². The van der Waals surface area contributed by atoms with Gasteiger partial charge in [0.1, 0.15) is 5.75 Å². The van der Waals surface area contributed by atoms with E-state index in [2.05, 4.69) is 4.99 Å². The number of esters is 2. The first kappa shape index (κ1) is 25.9. The summed E-state index contributed by atoms with van der Waals surface area (Å²) >= 11 is 1.22. The Bertz CT molecular complexity index is 1580. The molecule has 4 rings (SSSR count). The molecule has 10 heteroatoms. The van der Waals surface area contributed by atoms with Gasteiger partial charge in [0.25, 0.3) is 5.56 Å². The Hall–Kier alpha value is -4.18. The third-order valence-corrected chi connectivity index (χ3v) is 6.65. The average Bonchev–Trinajstić information content (AvgIpc) is 3.17. The smallest absolute Gasteiger partial charge is 0.338 e. The first-order valence-corrected chi connectivity index (χ1v) is 12.3. The largest absolute Gasteiger partial charge is 0.497 e. The van der Waals surface area contributed by atoms with Crippen LogP contribution in [0.2, 0.25) is 0 Å². The second-order valence-electron chi connectivity index (χ2n) is 8.08. The van der Waals surface area contributed by atoms with Gasteiger partial charge in [-0.25, -0.2) is 9.79 Å². The van der Waals surface area contributed by atoms with Crippen LogP contribution in [0.1, 0.15) is 37.9 Å². The maximum atomic E-state index is 13.7. The number of nitrogens with zero attached hydrogens (tertiary/aromatic N) is 2. The topological polar surface area (TPSA) is 105 Å².